The average Bonchev–Trinajstić information content (AvgIpc) is 2.34. The fraction of sp³-hybridized carbons (Fsp3) is 0.889. The number of aliphatic hydroxyl groups excluding tert-OH is 1. The number of carboxylic acid groups (broad SMARTS) is 1. The van der Waals surface area contributed by atoms with Gasteiger partial charge in [0.1, 0.15) is 0 Å². The summed E-state index contributed by atoms with van der Waals surface area (Å²) in [4.78, 5) is 12.5. The maximum Gasteiger partial charge on any atom is 0.305 e. The molecular weight excluding hydrogens is 170 g/mol. The molecule has 13 heavy (non-hydrogen) atoms. The molecule has 0 amide bonds. The highest BCUT2D eigenvalue weighted by atomic mass is 16.4. The van der Waals surface area contributed by atoms with Gasteiger partial charge in [-0.2, -0.15) is 0 Å². The summed E-state index contributed by atoms with van der Waals surface area (Å²) >= 11 is 0. The minimum atomic E-state index is -0.923. The first-order valence-electron chi connectivity index (χ1n) is 4.69. The molecule has 0 bridgehead atoms. The third kappa shape index (κ3) is 3.32. The first-order valence-corrected chi connectivity index (χ1v) is 4.69. The molecule has 2 N–H and O–H groups in total. The van der Waals surface area contributed by atoms with E-state index in [1.807, 2.05) is 7.05 Å². The molecule has 4 heteroatoms. The van der Waals surface area contributed by atoms with Gasteiger partial charge in [0.2, 0.25) is 0 Å². The zero-order valence-electron chi connectivity index (χ0n) is 7.94. The number of nitrogens with zero attached hydrogens (tertiary/aromatic N) is 1. The summed E-state index contributed by atoms with van der Waals surface area (Å²) in [6.07, 6.45) is 1.99. The number of carbonyl (C=O) groups is 1. The summed E-state index contributed by atoms with van der Waals surface area (Å²) in [6.45, 7) is 1.06. The highest BCUT2D eigenvalue weighted by molar-refractivity contribution is 5.67. The molecule has 0 aromatic rings. The maximum absolute atomic E-state index is 10.3. The Morgan fingerprint density at radius 3 is 2.85 bits per heavy atom. The predicted octanol–water partition coefficient (Wildman–Crippen LogP) is 0.306. The molecule has 1 rings (SSSR count). The van der Waals surface area contributed by atoms with E-state index >= 15 is 0 Å². The van der Waals surface area contributed by atoms with Crippen LogP contribution in [0.15, 0.2) is 0 Å². The van der Waals surface area contributed by atoms with Crippen LogP contribution in [0.5, 0.6) is 0 Å². The van der Waals surface area contributed by atoms with E-state index in [0.29, 0.717) is 12.5 Å². The Balaban J connectivity index is 2.26. The lowest BCUT2D eigenvalue weighted by Crippen LogP contribution is -2.29. The second-order valence-electron chi connectivity index (χ2n) is 3.76. The standard InChI is InChI=1S/C9H17NO3/c1-10-4-2-3-7(10)5-8(11)6-9(12)13/h7-8,11H,2-6H2,1H3,(H,12,13). The van der Waals surface area contributed by atoms with Crippen LogP contribution in [0, 0.1) is 0 Å². The predicted molar refractivity (Wildman–Crippen MR) is 48.5 cm³/mol. The van der Waals surface area contributed by atoms with Gasteiger partial charge in [-0.1, -0.05) is 0 Å². The zero-order valence-corrected chi connectivity index (χ0v) is 7.94. The number of hydrogen-bond donors (Lipinski definition) is 2. The molecule has 1 aliphatic rings. The maximum atomic E-state index is 10.3. The topological polar surface area (TPSA) is 60.8 Å². The molecular formula is C9H17NO3. The summed E-state index contributed by atoms with van der Waals surface area (Å²) in [5.41, 5.74) is 0. The normalized spacial score (nSPS) is 26.2. The highest BCUT2D eigenvalue weighted by Gasteiger charge is 2.24. The van der Waals surface area contributed by atoms with Crippen LogP contribution >= 0.6 is 0 Å². The van der Waals surface area contributed by atoms with E-state index in [9.17, 15) is 9.90 Å². The van der Waals surface area contributed by atoms with Gasteiger partial charge in [-0.3, -0.25) is 4.79 Å². The van der Waals surface area contributed by atoms with Crippen LogP contribution in [0.2, 0.25) is 0 Å². The van der Waals surface area contributed by atoms with Crippen molar-refractivity contribution in [1.82, 2.24) is 4.90 Å². The molecule has 2 atom stereocenters. The lowest BCUT2D eigenvalue weighted by atomic mass is 10.1. The first-order chi connectivity index (χ1) is 6.09. The van der Waals surface area contributed by atoms with E-state index < -0.39 is 12.1 Å². The van der Waals surface area contributed by atoms with Gasteiger partial charge in [0.15, 0.2) is 0 Å². The number of hydrogen-bond acceptors (Lipinski definition) is 3. The lowest BCUT2D eigenvalue weighted by Gasteiger charge is -2.21. The van der Waals surface area contributed by atoms with E-state index in [-0.39, 0.29) is 6.42 Å². The minimum absolute atomic E-state index is 0.135. The van der Waals surface area contributed by atoms with E-state index in [2.05, 4.69) is 4.90 Å². The Labute approximate surface area is 78.2 Å². The molecule has 1 aliphatic heterocycles. The number of rotatable bonds is 4. The van der Waals surface area contributed by atoms with Crippen molar-refractivity contribution < 1.29 is 15.0 Å². The van der Waals surface area contributed by atoms with Crippen LogP contribution in [0.25, 0.3) is 0 Å². The Morgan fingerprint density at radius 1 is 1.69 bits per heavy atom. The second kappa shape index (κ2) is 4.58. The summed E-state index contributed by atoms with van der Waals surface area (Å²) in [6, 6.07) is 0.370. The SMILES string of the molecule is CN1CCCC1CC(O)CC(=O)O. The molecule has 1 heterocycles. The van der Waals surface area contributed by atoms with Crippen LogP contribution in [0.1, 0.15) is 25.7 Å². The van der Waals surface area contributed by atoms with E-state index in [1.54, 1.807) is 0 Å². The first kappa shape index (κ1) is 10.5. The van der Waals surface area contributed by atoms with Gasteiger partial charge in [0.05, 0.1) is 12.5 Å². The number of likely N-dealkylation sites (tertiary alicyclic amines) is 1. The van der Waals surface area contributed by atoms with Crippen molar-refractivity contribution >= 4 is 5.97 Å². The van der Waals surface area contributed by atoms with E-state index in [1.165, 1.54) is 0 Å². The molecule has 0 saturated carbocycles. The molecule has 0 aromatic carbocycles. The fourth-order valence-corrected chi connectivity index (χ4v) is 1.88. The Hall–Kier alpha value is -0.610. The molecule has 2 unspecified atom stereocenters. The van der Waals surface area contributed by atoms with Crippen molar-refractivity contribution in [2.75, 3.05) is 13.6 Å². The smallest absolute Gasteiger partial charge is 0.305 e. The van der Waals surface area contributed by atoms with Crippen molar-refractivity contribution in [3.05, 3.63) is 0 Å². The van der Waals surface area contributed by atoms with Gasteiger partial charge in [0, 0.05) is 6.04 Å². The molecule has 4 nitrogen and oxygen atoms in total. The van der Waals surface area contributed by atoms with Crippen LogP contribution < -0.4 is 0 Å². The van der Waals surface area contributed by atoms with Crippen molar-refractivity contribution in [2.45, 2.75) is 37.8 Å². The van der Waals surface area contributed by atoms with Crippen LogP contribution in [0.3, 0.4) is 0 Å². The highest BCUT2D eigenvalue weighted by Crippen LogP contribution is 2.19. The third-order valence-electron chi connectivity index (χ3n) is 2.63. The molecule has 1 saturated heterocycles. The third-order valence-corrected chi connectivity index (χ3v) is 2.63. The molecule has 76 valence electrons. The molecule has 0 aliphatic carbocycles. The number of carboxylic acids is 1. The van der Waals surface area contributed by atoms with Crippen molar-refractivity contribution in [1.29, 1.82) is 0 Å². The van der Waals surface area contributed by atoms with Gasteiger partial charge in [-0.25, -0.2) is 0 Å². The zero-order chi connectivity index (χ0) is 9.84. The minimum Gasteiger partial charge on any atom is -0.481 e. The molecule has 0 aromatic heterocycles. The Bertz CT molecular complexity index is 184. The number of aliphatic carboxylic acids is 1. The molecule has 0 spiro atoms. The van der Waals surface area contributed by atoms with Gasteiger partial charge in [-0.05, 0) is 32.9 Å². The lowest BCUT2D eigenvalue weighted by molar-refractivity contribution is -0.139. The monoisotopic (exact) mass is 187 g/mol. The van der Waals surface area contributed by atoms with Gasteiger partial charge >= 0.3 is 5.97 Å². The Kier molecular flexibility index (Phi) is 3.69. The van der Waals surface area contributed by atoms with E-state index in [4.69, 9.17) is 5.11 Å². The van der Waals surface area contributed by atoms with Crippen LogP contribution in [0.4, 0.5) is 0 Å². The number of aliphatic hydroxyl groups is 1. The second-order valence-corrected chi connectivity index (χ2v) is 3.76. The fourth-order valence-electron chi connectivity index (χ4n) is 1.88. The summed E-state index contributed by atoms with van der Waals surface area (Å²) in [5.74, 6) is -0.923. The summed E-state index contributed by atoms with van der Waals surface area (Å²) in [5, 5.41) is 17.8. The van der Waals surface area contributed by atoms with Crippen LogP contribution in [-0.4, -0.2) is 46.8 Å². The van der Waals surface area contributed by atoms with Crippen molar-refractivity contribution in [2.24, 2.45) is 0 Å². The van der Waals surface area contributed by atoms with Crippen molar-refractivity contribution in [3.63, 3.8) is 0 Å². The molecule has 1 fully saturated rings. The van der Waals surface area contributed by atoms with Gasteiger partial charge in [-0.15, -0.1) is 0 Å². The van der Waals surface area contributed by atoms with Gasteiger partial charge in [0.25, 0.3) is 0 Å². The van der Waals surface area contributed by atoms with E-state index in [0.717, 1.165) is 19.4 Å². The quantitative estimate of drug-likeness (QED) is 0.665. The van der Waals surface area contributed by atoms with Crippen LogP contribution in [-0.2, 0) is 4.79 Å². The van der Waals surface area contributed by atoms with Crippen molar-refractivity contribution in [3.8, 4) is 0 Å². The summed E-state index contributed by atoms with van der Waals surface area (Å²) < 4.78 is 0. The van der Waals surface area contributed by atoms with Gasteiger partial charge < -0.3 is 15.1 Å². The molecule has 0 radical (unpaired) electrons. The Morgan fingerprint density at radius 2 is 2.38 bits per heavy atom. The largest absolute Gasteiger partial charge is 0.481 e. The summed E-state index contributed by atoms with van der Waals surface area (Å²) in [7, 11) is 2.02. The average molecular weight is 187 g/mol.